The molecule has 32 heavy (non-hydrogen) atoms. The maximum Gasteiger partial charge on any atom is 0.307 e. The number of nitrogens with zero attached hydrogens (tertiary/aromatic N) is 1. The highest BCUT2D eigenvalue weighted by atomic mass is 35.5. The van der Waals surface area contributed by atoms with Crippen molar-refractivity contribution in [3.05, 3.63) is 97.6 Å². The number of halogens is 4. The third-order valence-corrected chi connectivity index (χ3v) is 5.60. The van der Waals surface area contributed by atoms with Crippen molar-refractivity contribution >= 4 is 69.5 Å². The van der Waals surface area contributed by atoms with E-state index in [1.807, 2.05) is 18.2 Å². The van der Waals surface area contributed by atoms with Crippen molar-refractivity contribution < 1.29 is 13.9 Å². The van der Waals surface area contributed by atoms with Gasteiger partial charge in [-0.1, -0.05) is 64.6 Å². The van der Waals surface area contributed by atoms with Gasteiger partial charge in [0.1, 0.15) is 12.2 Å². The zero-order chi connectivity index (χ0) is 22.7. The topological polar surface area (TPSA) is 63.8 Å². The van der Waals surface area contributed by atoms with Crippen molar-refractivity contribution in [2.24, 2.45) is 5.10 Å². The van der Waals surface area contributed by atoms with E-state index in [9.17, 15) is 4.79 Å². The van der Waals surface area contributed by atoms with E-state index in [4.69, 9.17) is 55.6 Å². The van der Waals surface area contributed by atoms with Crippen LogP contribution in [0.1, 0.15) is 21.7 Å². The molecular weight excluding hydrogens is 494 g/mol. The Bertz CT molecular complexity index is 1310. The molecule has 1 heterocycles. The van der Waals surface area contributed by atoms with E-state index in [1.54, 1.807) is 42.5 Å². The fraction of sp³-hybridized carbons (Fsp3) is 0.0435. The number of hydrogen-bond donors (Lipinski definition) is 1. The predicted octanol–water partition coefficient (Wildman–Crippen LogP) is 7.39. The van der Waals surface area contributed by atoms with Crippen LogP contribution in [0.15, 0.2) is 70.2 Å². The molecule has 9 heteroatoms. The number of ether oxygens (including phenoxy) is 1. The maximum atomic E-state index is 12.3. The molecule has 5 nitrogen and oxygen atoms in total. The summed E-state index contributed by atoms with van der Waals surface area (Å²) in [5.41, 5.74) is 4.33. The molecule has 0 bridgehead atoms. The summed E-state index contributed by atoms with van der Waals surface area (Å²) < 4.78 is 11.2. The van der Waals surface area contributed by atoms with Crippen LogP contribution in [0.3, 0.4) is 0 Å². The Kier molecular flexibility index (Phi) is 6.92. The van der Waals surface area contributed by atoms with Gasteiger partial charge in [0.15, 0.2) is 11.5 Å². The zero-order valence-corrected chi connectivity index (χ0v) is 19.3. The number of furan rings is 1. The summed E-state index contributed by atoms with van der Waals surface area (Å²) in [5, 5.41) is 6.39. The molecule has 0 atom stereocenters. The van der Waals surface area contributed by atoms with Gasteiger partial charge in [0, 0.05) is 21.0 Å². The molecule has 0 unspecified atom stereocenters. The largest absolute Gasteiger partial charge is 0.486 e. The molecule has 0 saturated carbocycles. The zero-order valence-electron chi connectivity index (χ0n) is 16.2. The van der Waals surface area contributed by atoms with Crippen LogP contribution >= 0.6 is 46.4 Å². The first-order valence-electron chi connectivity index (χ1n) is 9.28. The molecule has 4 aromatic rings. The van der Waals surface area contributed by atoms with Crippen molar-refractivity contribution in [1.82, 2.24) is 5.43 Å². The van der Waals surface area contributed by atoms with E-state index >= 15 is 0 Å². The Morgan fingerprint density at radius 1 is 0.969 bits per heavy atom. The molecule has 0 spiro atoms. The van der Waals surface area contributed by atoms with Gasteiger partial charge in [0.2, 0.25) is 0 Å². The molecular formula is C23H14Cl4N2O3. The molecule has 0 aliphatic heterocycles. The van der Waals surface area contributed by atoms with Gasteiger partial charge < -0.3 is 9.15 Å². The normalized spacial score (nSPS) is 11.2. The molecule has 0 radical (unpaired) electrons. The second-order valence-corrected chi connectivity index (χ2v) is 8.34. The van der Waals surface area contributed by atoms with Crippen molar-refractivity contribution in [1.29, 1.82) is 0 Å². The lowest BCUT2D eigenvalue weighted by Gasteiger charge is -2.11. The second-order valence-electron chi connectivity index (χ2n) is 6.69. The average Bonchev–Trinajstić information content (AvgIpc) is 3.17. The number of amides is 1. The first-order chi connectivity index (χ1) is 15.4. The van der Waals surface area contributed by atoms with Gasteiger partial charge in [-0.25, -0.2) is 5.43 Å². The summed E-state index contributed by atoms with van der Waals surface area (Å²) in [6.07, 6.45) is 1.41. The molecule has 3 aromatic carbocycles. The first-order valence-corrected chi connectivity index (χ1v) is 10.8. The fourth-order valence-electron chi connectivity index (χ4n) is 2.90. The van der Waals surface area contributed by atoms with E-state index in [0.717, 1.165) is 10.9 Å². The molecule has 1 N–H and O–H groups in total. The van der Waals surface area contributed by atoms with Gasteiger partial charge >= 0.3 is 5.91 Å². The van der Waals surface area contributed by atoms with E-state index in [0.29, 0.717) is 37.0 Å². The summed E-state index contributed by atoms with van der Waals surface area (Å²) in [6.45, 7) is 0.214. The lowest BCUT2D eigenvalue weighted by Crippen LogP contribution is -2.16. The Labute approximate surface area is 203 Å². The number of fused-ring (bicyclic) bond motifs is 1. The quantitative estimate of drug-likeness (QED) is 0.218. The summed E-state index contributed by atoms with van der Waals surface area (Å²) in [7, 11) is 0. The minimum atomic E-state index is -0.509. The van der Waals surface area contributed by atoms with Crippen molar-refractivity contribution in [3.63, 3.8) is 0 Å². The average molecular weight is 508 g/mol. The highest BCUT2D eigenvalue weighted by Gasteiger charge is 2.13. The first kappa shape index (κ1) is 22.5. The van der Waals surface area contributed by atoms with Crippen molar-refractivity contribution in [2.75, 3.05) is 0 Å². The lowest BCUT2D eigenvalue weighted by atomic mass is 10.2. The molecule has 1 aromatic heterocycles. The van der Waals surface area contributed by atoms with Crippen LogP contribution in [-0.4, -0.2) is 12.1 Å². The Morgan fingerprint density at radius 3 is 2.47 bits per heavy atom. The third kappa shape index (κ3) is 5.19. The van der Waals surface area contributed by atoms with Crippen LogP contribution < -0.4 is 10.2 Å². The monoisotopic (exact) mass is 506 g/mol. The highest BCUT2D eigenvalue weighted by molar-refractivity contribution is 6.37. The number of nitrogens with one attached hydrogen (secondary N) is 1. The van der Waals surface area contributed by atoms with E-state index < -0.39 is 5.91 Å². The minimum Gasteiger partial charge on any atom is -0.486 e. The van der Waals surface area contributed by atoms with Gasteiger partial charge in [0.25, 0.3) is 0 Å². The fourth-order valence-corrected chi connectivity index (χ4v) is 3.89. The van der Waals surface area contributed by atoms with Crippen LogP contribution in [-0.2, 0) is 6.61 Å². The minimum absolute atomic E-state index is 0.110. The second kappa shape index (κ2) is 9.84. The molecule has 0 aliphatic rings. The van der Waals surface area contributed by atoms with Crippen LogP contribution in [0.25, 0.3) is 11.0 Å². The summed E-state index contributed by atoms with van der Waals surface area (Å²) in [5.74, 6) is -0.0698. The molecule has 0 aliphatic carbocycles. The SMILES string of the molecule is O=C(N/N=C/c1cc(Cl)c(OCc2ccccc2Cl)c(Cl)c1)c1cc2cc(Cl)ccc2o1. The van der Waals surface area contributed by atoms with Gasteiger partial charge in [-0.15, -0.1) is 0 Å². The van der Waals surface area contributed by atoms with E-state index in [-0.39, 0.29) is 12.4 Å². The molecule has 0 fully saturated rings. The highest BCUT2D eigenvalue weighted by Crippen LogP contribution is 2.35. The van der Waals surface area contributed by atoms with Gasteiger partial charge in [-0.3, -0.25) is 4.79 Å². The maximum absolute atomic E-state index is 12.3. The predicted molar refractivity (Wildman–Crippen MR) is 129 cm³/mol. The van der Waals surface area contributed by atoms with Gasteiger partial charge in [-0.2, -0.15) is 5.10 Å². The number of hydrogen-bond acceptors (Lipinski definition) is 4. The van der Waals surface area contributed by atoms with E-state index in [1.165, 1.54) is 6.21 Å². The molecule has 0 saturated heterocycles. The van der Waals surface area contributed by atoms with Gasteiger partial charge in [0.05, 0.1) is 16.3 Å². The lowest BCUT2D eigenvalue weighted by molar-refractivity contribution is 0.0929. The van der Waals surface area contributed by atoms with E-state index in [2.05, 4.69) is 10.5 Å². The molecule has 1 amide bonds. The number of carbonyl (C=O) groups excluding carboxylic acids is 1. The van der Waals surface area contributed by atoms with Crippen molar-refractivity contribution in [3.8, 4) is 5.75 Å². The summed E-state index contributed by atoms with van der Waals surface area (Å²) in [4.78, 5) is 12.3. The number of hydrazone groups is 1. The number of carbonyl (C=O) groups is 1. The third-order valence-electron chi connectivity index (χ3n) is 4.43. The van der Waals surface area contributed by atoms with Crippen LogP contribution in [0.4, 0.5) is 0 Å². The number of rotatable bonds is 6. The molecule has 162 valence electrons. The smallest absolute Gasteiger partial charge is 0.307 e. The Balaban J connectivity index is 1.42. The summed E-state index contributed by atoms with van der Waals surface area (Å²) >= 11 is 24.7. The molecule has 4 rings (SSSR count). The van der Waals surface area contributed by atoms with Crippen LogP contribution in [0.2, 0.25) is 20.1 Å². The van der Waals surface area contributed by atoms with Crippen LogP contribution in [0.5, 0.6) is 5.75 Å². The van der Waals surface area contributed by atoms with Crippen LogP contribution in [0, 0.1) is 0 Å². The van der Waals surface area contributed by atoms with Crippen molar-refractivity contribution in [2.45, 2.75) is 6.61 Å². The van der Waals surface area contributed by atoms with Gasteiger partial charge in [-0.05, 0) is 48.0 Å². The standard InChI is InChI=1S/C23H14Cl4N2O3/c24-16-5-6-20-15(9-16)10-21(32-20)23(30)29-28-11-13-7-18(26)22(19(27)8-13)31-12-14-3-1-2-4-17(14)25/h1-11H,12H2,(H,29,30)/b28-11+. The Hall–Kier alpha value is -2.70. The Morgan fingerprint density at radius 2 is 1.72 bits per heavy atom. The summed E-state index contributed by atoms with van der Waals surface area (Å²) in [6, 6.07) is 17.2. The number of benzene rings is 3.